The SMILES string of the molecule is CCC(CC)CCCCCCCCCCCCCCCCCO. The van der Waals surface area contributed by atoms with E-state index in [0.29, 0.717) is 6.61 Å². The molecule has 140 valence electrons. The van der Waals surface area contributed by atoms with Crippen LogP contribution in [0.1, 0.15) is 129 Å². The number of aliphatic hydroxyl groups excluding tert-OH is 1. The molecule has 0 radical (unpaired) electrons. The molecule has 23 heavy (non-hydrogen) atoms. The van der Waals surface area contributed by atoms with E-state index in [1.165, 1.54) is 109 Å². The van der Waals surface area contributed by atoms with E-state index in [1.54, 1.807) is 0 Å². The number of hydrogen-bond acceptors (Lipinski definition) is 1. The minimum atomic E-state index is 0.373. The van der Waals surface area contributed by atoms with E-state index < -0.39 is 0 Å². The second kappa shape index (κ2) is 20.0. The van der Waals surface area contributed by atoms with Crippen molar-refractivity contribution in [3.63, 3.8) is 0 Å². The Morgan fingerprint density at radius 2 is 0.783 bits per heavy atom. The van der Waals surface area contributed by atoms with Crippen LogP contribution in [0.4, 0.5) is 0 Å². The van der Waals surface area contributed by atoms with Gasteiger partial charge in [-0.3, -0.25) is 0 Å². The molecule has 0 aromatic carbocycles. The third-order valence-corrected chi connectivity index (χ3v) is 5.43. The molecule has 0 aliphatic rings. The van der Waals surface area contributed by atoms with E-state index in [1.807, 2.05) is 0 Å². The van der Waals surface area contributed by atoms with Crippen LogP contribution in [0.25, 0.3) is 0 Å². The lowest BCUT2D eigenvalue weighted by molar-refractivity contribution is 0.282. The summed E-state index contributed by atoms with van der Waals surface area (Å²) < 4.78 is 0. The second-order valence-electron chi connectivity index (χ2n) is 7.50. The Morgan fingerprint density at radius 3 is 1.09 bits per heavy atom. The first-order chi connectivity index (χ1) is 11.3. The monoisotopic (exact) mass is 326 g/mol. The molecule has 0 atom stereocenters. The maximum atomic E-state index is 8.71. The highest BCUT2D eigenvalue weighted by atomic mass is 16.2. The molecule has 1 N–H and O–H groups in total. The number of aliphatic hydroxyl groups is 1. The van der Waals surface area contributed by atoms with E-state index >= 15 is 0 Å². The zero-order valence-corrected chi connectivity index (χ0v) is 16.5. The van der Waals surface area contributed by atoms with E-state index in [-0.39, 0.29) is 0 Å². The lowest BCUT2D eigenvalue weighted by atomic mass is 9.95. The Kier molecular flexibility index (Phi) is 20.0. The maximum Gasteiger partial charge on any atom is 0.0431 e. The van der Waals surface area contributed by atoms with Gasteiger partial charge in [-0.1, -0.05) is 123 Å². The summed E-state index contributed by atoms with van der Waals surface area (Å²) in [6.45, 7) is 5.05. The van der Waals surface area contributed by atoms with Crippen LogP contribution in [0.5, 0.6) is 0 Å². The predicted molar refractivity (Wildman–Crippen MR) is 105 cm³/mol. The molecule has 0 heterocycles. The zero-order valence-electron chi connectivity index (χ0n) is 16.5. The predicted octanol–water partition coefficient (Wildman–Crippen LogP) is 7.66. The molecule has 0 rings (SSSR count). The second-order valence-corrected chi connectivity index (χ2v) is 7.50. The Labute approximate surface area is 147 Å². The third kappa shape index (κ3) is 18.1. The van der Waals surface area contributed by atoms with Gasteiger partial charge in [0.15, 0.2) is 0 Å². The summed E-state index contributed by atoms with van der Waals surface area (Å²) in [5, 5.41) is 8.71. The molecule has 0 fully saturated rings. The van der Waals surface area contributed by atoms with Crippen LogP contribution in [-0.4, -0.2) is 11.7 Å². The molecule has 0 spiro atoms. The van der Waals surface area contributed by atoms with Crippen molar-refractivity contribution < 1.29 is 5.11 Å². The van der Waals surface area contributed by atoms with Gasteiger partial charge >= 0.3 is 0 Å². The quantitative estimate of drug-likeness (QED) is 0.242. The van der Waals surface area contributed by atoms with Gasteiger partial charge in [-0.05, 0) is 12.3 Å². The van der Waals surface area contributed by atoms with Gasteiger partial charge in [-0.15, -0.1) is 0 Å². The molecular formula is C22H46O. The van der Waals surface area contributed by atoms with E-state index in [2.05, 4.69) is 13.8 Å². The lowest BCUT2D eigenvalue weighted by Crippen LogP contribution is -1.96. The maximum absolute atomic E-state index is 8.71. The van der Waals surface area contributed by atoms with Gasteiger partial charge in [0.25, 0.3) is 0 Å². The van der Waals surface area contributed by atoms with Crippen LogP contribution in [0.2, 0.25) is 0 Å². The molecule has 0 aliphatic heterocycles. The average molecular weight is 327 g/mol. The normalized spacial score (nSPS) is 11.5. The van der Waals surface area contributed by atoms with Crippen molar-refractivity contribution >= 4 is 0 Å². The van der Waals surface area contributed by atoms with Gasteiger partial charge in [-0.2, -0.15) is 0 Å². The van der Waals surface area contributed by atoms with Crippen molar-refractivity contribution in [3.8, 4) is 0 Å². The van der Waals surface area contributed by atoms with Gasteiger partial charge in [0.05, 0.1) is 0 Å². The highest BCUT2D eigenvalue weighted by Crippen LogP contribution is 2.18. The van der Waals surface area contributed by atoms with Crippen molar-refractivity contribution in [1.82, 2.24) is 0 Å². The zero-order chi connectivity index (χ0) is 17.0. The fraction of sp³-hybridized carbons (Fsp3) is 1.00. The summed E-state index contributed by atoms with van der Waals surface area (Å²) in [4.78, 5) is 0. The number of unbranched alkanes of at least 4 members (excludes halogenated alkanes) is 14. The molecule has 0 aromatic heterocycles. The molecule has 0 aliphatic carbocycles. The molecule has 0 bridgehead atoms. The lowest BCUT2D eigenvalue weighted by Gasteiger charge is -2.11. The topological polar surface area (TPSA) is 20.2 Å². The van der Waals surface area contributed by atoms with Crippen LogP contribution in [0.15, 0.2) is 0 Å². The minimum absolute atomic E-state index is 0.373. The third-order valence-electron chi connectivity index (χ3n) is 5.43. The average Bonchev–Trinajstić information content (AvgIpc) is 2.58. The molecule has 1 nitrogen and oxygen atoms in total. The highest BCUT2D eigenvalue weighted by Gasteiger charge is 2.02. The van der Waals surface area contributed by atoms with Gasteiger partial charge in [0, 0.05) is 6.61 Å². The number of rotatable bonds is 19. The van der Waals surface area contributed by atoms with E-state index in [4.69, 9.17) is 5.11 Å². The molecule has 0 amide bonds. The summed E-state index contributed by atoms with van der Waals surface area (Å²) in [5.74, 6) is 0.990. The van der Waals surface area contributed by atoms with Crippen LogP contribution in [0.3, 0.4) is 0 Å². The van der Waals surface area contributed by atoms with Crippen molar-refractivity contribution in [2.24, 2.45) is 5.92 Å². The molecule has 0 aromatic rings. The van der Waals surface area contributed by atoms with Crippen molar-refractivity contribution in [1.29, 1.82) is 0 Å². The van der Waals surface area contributed by atoms with Gasteiger partial charge in [0.2, 0.25) is 0 Å². The standard InChI is InChI=1S/C22H46O/c1-3-22(4-2)20-18-16-14-12-10-8-6-5-7-9-11-13-15-17-19-21-23/h22-23H,3-21H2,1-2H3. The molecule has 1 heteroatoms. The van der Waals surface area contributed by atoms with E-state index in [9.17, 15) is 0 Å². The number of hydrogen-bond donors (Lipinski definition) is 1. The largest absolute Gasteiger partial charge is 0.396 e. The van der Waals surface area contributed by atoms with Gasteiger partial charge in [0.1, 0.15) is 0 Å². The summed E-state index contributed by atoms with van der Waals surface area (Å²) in [5.41, 5.74) is 0. The van der Waals surface area contributed by atoms with Crippen LogP contribution in [0, 0.1) is 5.92 Å². The van der Waals surface area contributed by atoms with Crippen molar-refractivity contribution in [2.45, 2.75) is 129 Å². The summed E-state index contributed by atoms with van der Waals surface area (Å²) >= 11 is 0. The Morgan fingerprint density at radius 1 is 0.478 bits per heavy atom. The molecular weight excluding hydrogens is 280 g/mol. The molecule has 0 saturated carbocycles. The minimum Gasteiger partial charge on any atom is -0.396 e. The Balaban J connectivity index is 3.02. The Hall–Kier alpha value is -0.0400. The van der Waals surface area contributed by atoms with Gasteiger partial charge < -0.3 is 5.11 Å². The molecule has 0 saturated heterocycles. The van der Waals surface area contributed by atoms with Crippen LogP contribution < -0.4 is 0 Å². The Bertz CT molecular complexity index is 198. The van der Waals surface area contributed by atoms with E-state index in [0.717, 1.165) is 12.3 Å². The van der Waals surface area contributed by atoms with Crippen molar-refractivity contribution in [2.75, 3.05) is 6.61 Å². The summed E-state index contributed by atoms with van der Waals surface area (Å²) in [6, 6.07) is 0. The molecule has 0 unspecified atom stereocenters. The first-order valence-corrected chi connectivity index (χ1v) is 11.0. The van der Waals surface area contributed by atoms with Crippen LogP contribution in [-0.2, 0) is 0 Å². The highest BCUT2D eigenvalue weighted by molar-refractivity contribution is 4.55. The van der Waals surface area contributed by atoms with Crippen molar-refractivity contribution in [3.05, 3.63) is 0 Å². The fourth-order valence-corrected chi connectivity index (χ4v) is 3.54. The fourth-order valence-electron chi connectivity index (χ4n) is 3.54. The summed E-state index contributed by atoms with van der Waals surface area (Å²) in [7, 11) is 0. The van der Waals surface area contributed by atoms with Crippen LogP contribution >= 0.6 is 0 Å². The van der Waals surface area contributed by atoms with Gasteiger partial charge in [-0.25, -0.2) is 0 Å². The first-order valence-electron chi connectivity index (χ1n) is 11.0. The first kappa shape index (κ1) is 23.0. The summed E-state index contributed by atoms with van der Waals surface area (Å²) in [6.07, 6.45) is 25.1. The smallest absolute Gasteiger partial charge is 0.0431 e.